The molecule has 1 heterocycles. The van der Waals surface area contributed by atoms with Gasteiger partial charge >= 0.3 is 11.9 Å². The van der Waals surface area contributed by atoms with Gasteiger partial charge in [-0.15, -0.1) is 0 Å². The summed E-state index contributed by atoms with van der Waals surface area (Å²) >= 11 is 0. The van der Waals surface area contributed by atoms with Gasteiger partial charge in [0, 0.05) is 47.0 Å². The molecule has 2 amide bonds. The van der Waals surface area contributed by atoms with Crippen molar-refractivity contribution in [2.45, 2.75) is 85.8 Å². The summed E-state index contributed by atoms with van der Waals surface area (Å²) in [6.45, 7) is 13.2. The summed E-state index contributed by atoms with van der Waals surface area (Å²) in [4.78, 5) is 62.0. The number of aliphatic hydroxyl groups is 1. The summed E-state index contributed by atoms with van der Waals surface area (Å²) in [6, 6.07) is 12.6. The van der Waals surface area contributed by atoms with Crippen LogP contribution >= 0.6 is 0 Å². The van der Waals surface area contributed by atoms with Crippen molar-refractivity contribution in [1.29, 1.82) is 0 Å². The molecule has 2 unspecified atom stereocenters. The molecule has 4 rings (SSSR count). The van der Waals surface area contributed by atoms with Gasteiger partial charge in [-0.25, -0.2) is 14.8 Å². The topological polar surface area (TPSA) is 201 Å². The molecule has 3 aromatic rings. The van der Waals surface area contributed by atoms with Crippen LogP contribution in [-0.2, 0) is 19.0 Å². The number of aromatic nitrogens is 1. The fourth-order valence-corrected chi connectivity index (χ4v) is 5.38. The van der Waals surface area contributed by atoms with Gasteiger partial charge in [0.1, 0.15) is 17.3 Å². The largest absolute Gasteiger partial charge is 0.496 e. The molecule has 1 fully saturated rings. The van der Waals surface area contributed by atoms with Crippen molar-refractivity contribution in [2.75, 3.05) is 25.6 Å². The molecule has 5 N–H and O–H groups in total. The number of carbonyl (C=O) groups excluding carboxylic acids is 4. The van der Waals surface area contributed by atoms with Gasteiger partial charge in [0.05, 0.1) is 19.1 Å². The minimum Gasteiger partial charge on any atom is -0.496 e. The summed E-state index contributed by atoms with van der Waals surface area (Å²) in [5.74, 6) is -1.84. The minimum absolute atomic E-state index is 0.0460. The number of ether oxygens (including phenoxy) is 4. The van der Waals surface area contributed by atoms with Gasteiger partial charge in [-0.05, 0) is 94.5 Å². The number of unbranched alkanes of at least 4 members (excludes halogenated alkanes) is 3. The number of aliphatic imine (C=N–C) groups is 1. The highest BCUT2D eigenvalue weighted by molar-refractivity contribution is 6.11. The number of nitrogens with one attached hydrogen (secondary N) is 2. The van der Waals surface area contributed by atoms with E-state index < -0.39 is 41.9 Å². The zero-order valence-corrected chi connectivity index (χ0v) is 33.0. The quantitative estimate of drug-likeness (QED) is 0.0343. The lowest BCUT2D eigenvalue weighted by molar-refractivity contribution is -0.174. The summed E-state index contributed by atoms with van der Waals surface area (Å²) in [7, 11) is 1.45. The molecule has 14 heteroatoms. The first-order valence-corrected chi connectivity index (χ1v) is 18.8. The van der Waals surface area contributed by atoms with E-state index in [1.165, 1.54) is 32.2 Å². The van der Waals surface area contributed by atoms with E-state index in [1.54, 1.807) is 57.2 Å². The van der Waals surface area contributed by atoms with E-state index in [0.29, 0.717) is 41.6 Å². The van der Waals surface area contributed by atoms with Gasteiger partial charge in [-0.3, -0.25) is 14.4 Å². The standard InChI is InChI=1S/C42H53N5O9/c1-8-10-11-12-21-54-41(52)47-36(43)28-15-17-29(18-16-28)45-37(48)32-22-27(9-2)34(53-7)23-31(32)30-19-20-33(38(49)44-24-26-13-14-26)46-35(30)39(50)55-25(3)56-40(51)42(4,5)6/h9,15-20,22-23,25-26,41,52H,2,8,10-14,21,24H2,1,3-7H3,(H2,43,47)(H,44,49)(H,45,48). The molecule has 14 nitrogen and oxygen atoms in total. The van der Waals surface area contributed by atoms with Crippen LogP contribution in [0.3, 0.4) is 0 Å². The summed E-state index contributed by atoms with van der Waals surface area (Å²) in [6.07, 6.45) is 4.82. The molecule has 1 aliphatic rings. The number of carbonyl (C=O) groups is 4. The third-order valence-electron chi connectivity index (χ3n) is 8.81. The third kappa shape index (κ3) is 12.2. The Morgan fingerprint density at radius 3 is 2.36 bits per heavy atom. The Hall–Kier alpha value is -5.60. The molecule has 0 spiro atoms. The van der Waals surface area contributed by atoms with Crippen LogP contribution < -0.4 is 21.1 Å². The first-order valence-electron chi connectivity index (χ1n) is 18.8. The molecule has 1 aliphatic carbocycles. The zero-order chi connectivity index (χ0) is 41.0. The van der Waals surface area contributed by atoms with Crippen LogP contribution in [0.15, 0.2) is 60.1 Å². The highest BCUT2D eigenvalue weighted by Gasteiger charge is 2.30. The summed E-state index contributed by atoms with van der Waals surface area (Å²) in [5, 5.41) is 15.9. The number of esters is 2. The Morgan fingerprint density at radius 2 is 1.73 bits per heavy atom. The number of benzene rings is 2. The maximum absolute atomic E-state index is 14.1. The number of nitrogens with zero attached hydrogens (tertiary/aromatic N) is 2. The van der Waals surface area contributed by atoms with Crippen LogP contribution in [0.2, 0.25) is 0 Å². The van der Waals surface area contributed by atoms with Crippen LogP contribution in [0.5, 0.6) is 5.75 Å². The van der Waals surface area contributed by atoms with Crippen molar-refractivity contribution < 1.29 is 43.2 Å². The third-order valence-corrected chi connectivity index (χ3v) is 8.81. The van der Waals surface area contributed by atoms with E-state index in [1.807, 2.05) is 0 Å². The Morgan fingerprint density at radius 1 is 1.02 bits per heavy atom. The smallest absolute Gasteiger partial charge is 0.360 e. The number of amides is 2. The maximum atomic E-state index is 14.1. The van der Waals surface area contributed by atoms with E-state index >= 15 is 0 Å². The molecule has 56 heavy (non-hydrogen) atoms. The zero-order valence-electron chi connectivity index (χ0n) is 33.0. The second kappa shape index (κ2) is 19.8. The first kappa shape index (κ1) is 43.1. The van der Waals surface area contributed by atoms with Gasteiger partial charge < -0.3 is 40.4 Å². The number of aliphatic hydroxyl groups excluding tert-OH is 1. The second-order valence-electron chi connectivity index (χ2n) is 14.5. The Balaban J connectivity index is 1.66. The number of hydrogen-bond donors (Lipinski definition) is 4. The Bertz CT molecular complexity index is 1920. The first-order chi connectivity index (χ1) is 26.6. The lowest BCUT2D eigenvalue weighted by atomic mass is 9.94. The molecule has 300 valence electrons. The fraction of sp³-hybridized carbons (Fsp3) is 0.429. The van der Waals surface area contributed by atoms with Crippen LogP contribution in [-0.4, -0.2) is 72.6 Å². The van der Waals surface area contributed by atoms with E-state index in [0.717, 1.165) is 38.5 Å². The Kier molecular flexibility index (Phi) is 15.3. The van der Waals surface area contributed by atoms with Gasteiger partial charge in [-0.1, -0.05) is 38.8 Å². The van der Waals surface area contributed by atoms with Gasteiger partial charge in [0.2, 0.25) is 6.29 Å². The monoisotopic (exact) mass is 771 g/mol. The normalized spacial score (nSPS) is 13.9. The molecule has 2 atom stereocenters. The van der Waals surface area contributed by atoms with Gasteiger partial charge in [0.25, 0.3) is 18.2 Å². The molecule has 0 saturated heterocycles. The van der Waals surface area contributed by atoms with Crippen molar-refractivity contribution in [3.8, 4) is 16.9 Å². The number of anilines is 1. The average molecular weight is 772 g/mol. The van der Waals surface area contributed by atoms with Crippen molar-refractivity contribution in [3.63, 3.8) is 0 Å². The molecular formula is C42H53N5O9. The number of amidine groups is 1. The molecule has 1 aromatic heterocycles. The predicted molar refractivity (Wildman–Crippen MR) is 213 cm³/mol. The predicted octanol–water partition coefficient (Wildman–Crippen LogP) is 6.46. The van der Waals surface area contributed by atoms with Crippen LogP contribution in [0.1, 0.15) is 116 Å². The molecule has 0 aliphatic heterocycles. The highest BCUT2D eigenvalue weighted by Crippen LogP contribution is 2.35. The lowest BCUT2D eigenvalue weighted by Crippen LogP contribution is -2.30. The van der Waals surface area contributed by atoms with E-state index in [-0.39, 0.29) is 33.9 Å². The van der Waals surface area contributed by atoms with E-state index in [2.05, 4.69) is 34.1 Å². The lowest BCUT2D eigenvalue weighted by Gasteiger charge is -2.21. The van der Waals surface area contributed by atoms with Crippen LogP contribution in [0.4, 0.5) is 5.69 Å². The molecule has 0 radical (unpaired) electrons. The van der Waals surface area contributed by atoms with Crippen molar-refractivity contribution in [2.24, 2.45) is 22.1 Å². The van der Waals surface area contributed by atoms with E-state index in [9.17, 15) is 24.3 Å². The van der Waals surface area contributed by atoms with Crippen molar-refractivity contribution in [3.05, 3.63) is 83.2 Å². The molecule has 0 bridgehead atoms. The molecular weight excluding hydrogens is 718 g/mol. The van der Waals surface area contributed by atoms with Gasteiger partial charge in [-0.2, -0.15) is 0 Å². The highest BCUT2D eigenvalue weighted by atomic mass is 16.7. The summed E-state index contributed by atoms with van der Waals surface area (Å²) in [5.41, 5.74) is 6.78. The molecule has 2 aromatic carbocycles. The molecule has 1 saturated carbocycles. The second-order valence-corrected chi connectivity index (χ2v) is 14.5. The van der Waals surface area contributed by atoms with Crippen molar-refractivity contribution in [1.82, 2.24) is 10.3 Å². The number of hydrogen-bond acceptors (Lipinski definition) is 11. The minimum atomic E-state index is -1.41. The number of rotatable bonds is 19. The van der Waals surface area contributed by atoms with Crippen LogP contribution in [0, 0.1) is 11.3 Å². The van der Waals surface area contributed by atoms with E-state index in [4.69, 9.17) is 24.7 Å². The summed E-state index contributed by atoms with van der Waals surface area (Å²) < 4.78 is 21.8. The maximum Gasteiger partial charge on any atom is 0.360 e. The number of pyridine rings is 1. The van der Waals surface area contributed by atoms with Crippen molar-refractivity contribution >= 4 is 41.4 Å². The number of methoxy groups -OCH3 is 1. The fourth-order valence-electron chi connectivity index (χ4n) is 5.38. The SMILES string of the molecule is C=Cc1cc(C(=O)Nc2ccc(C(N)=NC(O)OCCCCCC)cc2)c(-c2ccc(C(=O)NCC3CC3)nc2C(=O)OC(C)OC(=O)C(C)(C)C)cc1OC. The van der Waals surface area contributed by atoms with Crippen LogP contribution in [0.25, 0.3) is 17.2 Å². The van der Waals surface area contributed by atoms with Gasteiger partial charge in [0.15, 0.2) is 5.69 Å². The average Bonchev–Trinajstić information content (AvgIpc) is 4.00. The number of nitrogens with two attached hydrogens (primary N) is 1. The Labute approximate surface area is 327 Å².